The van der Waals surface area contributed by atoms with Crippen LogP contribution in [0.5, 0.6) is 0 Å². The Kier molecular flexibility index (Phi) is 29.8. The van der Waals surface area contributed by atoms with Gasteiger partial charge in [-0.2, -0.15) is 0 Å². The molecule has 0 radical (unpaired) electrons. The number of oxime groups is 1. The van der Waals surface area contributed by atoms with Gasteiger partial charge in [-0.25, -0.2) is 0 Å². The van der Waals surface area contributed by atoms with Crippen molar-refractivity contribution in [1.82, 2.24) is 15.0 Å². The predicted molar refractivity (Wildman–Crippen MR) is 410 cm³/mol. The molecular weight excluding hydrogens is 1930 g/mol. The summed E-state index contributed by atoms with van der Waals surface area (Å²) in [6, 6.07) is 15.9. The zero-order valence-corrected chi connectivity index (χ0v) is 70.4. The molecule has 8 saturated carbocycles. The Morgan fingerprint density at radius 1 is 0.634 bits per heavy atom. The number of terminal acetylenes is 1. The minimum atomic E-state index is -0.594. The number of benzene rings is 2. The molecule has 22 heteroatoms. The van der Waals surface area contributed by atoms with E-state index in [2.05, 4.69) is 166 Å². The van der Waals surface area contributed by atoms with Crippen molar-refractivity contribution in [2.45, 2.75) is 218 Å². The van der Waals surface area contributed by atoms with Gasteiger partial charge < -0.3 is 30.2 Å². The van der Waals surface area contributed by atoms with Crippen LogP contribution < -0.4 is 0 Å². The van der Waals surface area contributed by atoms with Gasteiger partial charge in [0.15, 0.2) is 0 Å². The summed E-state index contributed by atoms with van der Waals surface area (Å²) in [5, 5.41) is 61.2. The number of aryl methyl sites for hydroxylation is 2. The van der Waals surface area contributed by atoms with Gasteiger partial charge in [0.05, 0.1) is 51.4 Å². The van der Waals surface area contributed by atoms with Crippen molar-refractivity contribution in [3.05, 3.63) is 88.3 Å². The average Bonchev–Trinajstić information content (AvgIpc) is 1.68. The molecule has 513 valence electrons. The standard InChI is InChI=1S/C35H46N2O5.C22H37NO3.C13H11NO2.CH3I.5HI.2V/c1-33-16-14-25(38)20-23(33)10-12-30-29(33)15-17-34(2)22(13-18-35(30,34)41)9-11-24-21-26(42-36-24)6-5-19-37-31(39)27-7-3-4-8-28(27)32(37)40;1-20-10-8-17(24)14-16(20)5-6-19-18(20)9-11-21(2)15(4-3-13-23-26)7-12-22(19,21)25;1-2-3-6-9-14-12(15)10-7-4-5-8-11(10)13(14)16;1-2;;;;;;;/h3-4,7-8,21-23,25,29-30,38,41H,5-6,9-20H2,1-2H3;13,15-19,24-26H,3-12,14H2,1-2H3;1,4-5,7-8H,3,6,9H2;1H3;5*1H;;/q;;;;;;;;;+2;+3/p-5/b;23-13+;;;;;;;;;/t22-,23+,25-,29?,30?,33-,34+,35-;15-,16+,17-,18?,19?,20-,21+,22-;;;;;;;;;/m00........./s1. The van der Waals surface area contributed by atoms with Crippen molar-refractivity contribution in [2.24, 2.45) is 74.2 Å². The molecular formula is C71H97I6N4O10V2. The summed E-state index contributed by atoms with van der Waals surface area (Å²) in [7, 11) is 0.628. The molecule has 8 fully saturated rings. The second-order valence-corrected chi connectivity index (χ2v) is 76.2. The van der Waals surface area contributed by atoms with Crippen LogP contribution in [0, 0.1) is 81.3 Å². The molecule has 0 spiro atoms. The minimum absolute atomic E-state index is 0.00877. The SMILES string of the molecule is C#CCCCN1C(=O)c2ccccc2C1=O.CI.C[C@]12CC[C@H](O)C[C@H]1CCC1C2CC[C@]2(C)[C@@H](CC/C=N/O)CC[C@]12O.C[C@]12CC[C@H](O)C[C@H]1CCC1C2CC[C@]2(C)[C@@H](CCc3cc(CCCN4C(=O)c5ccccc5C4=O)on3)CC[C@]12O.[I][V]([I])[I].[I][V][I]. The third-order valence-electron chi connectivity index (χ3n) is 25.4. The van der Waals surface area contributed by atoms with E-state index in [1.54, 1.807) is 54.7 Å². The molecule has 2 aromatic carbocycles. The summed E-state index contributed by atoms with van der Waals surface area (Å²) in [6.07, 6.45) is 31.9. The number of imide groups is 2. The predicted octanol–water partition coefficient (Wildman–Crippen LogP) is 17.5. The fourth-order valence-electron chi connectivity index (χ4n) is 20.4. The molecule has 2 aliphatic heterocycles. The molecule has 10 aliphatic rings. The first kappa shape index (κ1) is 79.1. The second-order valence-electron chi connectivity index (χ2n) is 29.1. The molecule has 13 rings (SSSR count). The Morgan fingerprint density at radius 3 is 1.47 bits per heavy atom. The number of carbonyl (C=O) groups is 4. The third kappa shape index (κ3) is 16.7. The van der Waals surface area contributed by atoms with Gasteiger partial charge in [-0.3, -0.25) is 29.0 Å². The fourth-order valence-corrected chi connectivity index (χ4v) is 20.4. The maximum atomic E-state index is 12.6. The van der Waals surface area contributed by atoms with Crippen molar-refractivity contribution in [3.8, 4) is 12.3 Å². The molecule has 4 amide bonds. The third-order valence-corrected chi connectivity index (χ3v) is 25.4. The van der Waals surface area contributed by atoms with Gasteiger partial charge in [-0.15, -0.1) is 17.5 Å². The van der Waals surface area contributed by atoms with Crippen molar-refractivity contribution >= 4 is 152 Å². The Labute approximate surface area is 633 Å². The summed E-state index contributed by atoms with van der Waals surface area (Å²) < 4.78 is 5.65. The first-order valence-electron chi connectivity index (χ1n) is 33.7. The van der Waals surface area contributed by atoms with E-state index in [9.17, 15) is 39.6 Å². The number of fused-ring (bicyclic) bond motifs is 12. The van der Waals surface area contributed by atoms with Gasteiger partial charge in [0.1, 0.15) is 5.76 Å². The van der Waals surface area contributed by atoms with Crippen molar-refractivity contribution in [3.63, 3.8) is 0 Å². The number of nitrogens with zero attached hydrogens (tertiary/aromatic N) is 4. The number of unbranched alkanes of at least 4 members (excludes halogenated alkanes) is 1. The van der Waals surface area contributed by atoms with E-state index in [0.29, 0.717) is 123 Å². The number of amides is 4. The number of carbonyl (C=O) groups excluding carboxylic acids is 4. The van der Waals surface area contributed by atoms with Gasteiger partial charge in [0.25, 0.3) is 23.6 Å². The molecule has 0 bridgehead atoms. The fraction of sp³-hybridized carbons (Fsp3) is 0.690. The van der Waals surface area contributed by atoms with Gasteiger partial charge in [0.2, 0.25) is 0 Å². The molecule has 0 saturated heterocycles. The Morgan fingerprint density at radius 2 is 1.05 bits per heavy atom. The number of halogens is 6. The van der Waals surface area contributed by atoms with E-state index in [4.69, 9.17) is 16.2 Å². The van der Waals surface area contributed by atoms with Crippen LogP contribution in [0.4, 0.5) is 0 Å². The summed E-state index contributed by atoms with van der Waals surface area (Å²) in [5.74, 6) is 6.65. The van der Waals surface area contributed by atoms with Crippen LogP contribution in [0.2, 0.25) is 0 Å². The number of aromatic nitrogens is 1. The summed E-state index contributed by atoms with van der Waals surface area (Å²) in [6.45, 7) is 10.4. The number of aliphatic hydroxyl groups is 4. The molecule has 14 nitrogen and oxygen atoms in total. The van der Waals surface area contributed by atoms with Crippen LogP contribution in [0.25, 0.3) is 0 Å². The molecule has 3 aromatic rings. The van der Waals surface area contributed by atoms with Gasteiger partial charge in [-0.1, -0.05) is 79.7 Å². The molecule has 3 heterocycles. The molecule has 5 N–H and O–H groups in total. The topological polar surface area (TPSA) is 214 Å². The molecule has 16 atom stereocenters. The zero-order valence-electron chi connectivity index (χ0n) is 54.7. The summed E-state index contributed by atoms with van der Waals surface area (Å²) >= 11 is 14.3. The average molecular weight is 2030 g/mol. The van der Waals surface area contributed by atoms with Crippen LogP contribution >= 0.6 is 122 Å². The number of alkyl halides is 1. The van der Waals surface area contributed by atoms with Gasteiger partial charge in [0, 0.05) is 38.2 Å². The number of aliphatic hydroxyl groups excluding tert-OH is 2. The number of hydrogen-bond donors (Lipinski definition) is 5. The number of hydrogen-bond acceptors (Lipinski definition) is 12. The van der Waals surface area contributed by atoms with E-state index in [-0.39, 0.29) is 57.0 Å². The quantitative estimate of drug-likeness (QED) is 0.0159. The van der Waals surface area contributed by atoms with Crippen LogP contribution in [0.1, 0.15) is 235 Å². The van der Waals surface area contributed by atoms with Crippen molar-refractivity contribution < 1.29 is 63.7 Å². The second kappa shape index (κ2) is 35.0. The Bertz CT molecular complexity index is 3050. The van der Waals surface area contributed by atoms with Crippen LogP contribution in [0.3, 0.4) is 0 Å². The summed E-state index contributed by atoms with van der Waals surface area (Å²) in [4.78, 5) is 53.3. The van der Waals surface area contributed by atoms with Crippen LogP contribution in [0.15, 0.2) is 64.3 Å². The van der Waals surface area contributed by atoms with E-state index >= 15 is 0 Å². The van der Waals surface area contributed by atoms with E-state index in [0.717, 1.165) is 133 Å². The normalized spacial score (nSPS) is 35.7. The number of rotatable bonds is 13. The monoisotopic (exact) mass is 2030 g/mol. The Hall–Kier alpha value is 0.349. The molecule has 93 heavy (non-hydrogen) atoms. The van der Waals surface area contributed by atoms with Crippen molar-refractivity contribution in [2.75, 3.05) is 18.0 Å². The first-order chi connectivity index (χ1) is 44.4. The van der Waals surface area contributed by atoms with E-state index < -0.39 is 11.2 Å². The molecule has 4 unspecified atom stereocenters. The van der Waals surface area contributed by atoms with Gasteiger partial charge in [-0.05, 0) is 252 Å². The zero-order chi connectivity index (χ0) is 67.7. The summed E-state index contributed by atoms with van der Waals surface area (Å²) in [5.41, 5.74) is 2.30. The van der Waals surface area contributed by atoms with Crippen LogP contribution in [-0.4, -0.2) is 112 Å². The maximum absolute atomic E-state index is 12.6. The van der Waals surface area contributed by atoms with E-state index in [1.807, 2.05) is 11.0 Å². The van der Waals surface area contributed by atoms with Crippen LogP contribution in [-0.2, 0) is 27.2 Å². The molecule has 8 aliphatic carbocycles. The molecule has 1 aromatic heterocycles. The van der Waals surface area contributed by atoms with E-state index in [1.165, 1.54) is 29.1 Å². The Balaban J connectivity index is 0.000000185. The van der Waals surface area contributed by atoms with Gasteiger partial charge >= 0.3 is 114 Å². The van der Waals surface area contributed by atoms with Crippen molar-refractivity contribution in [1.29, 1.82) is 0 Å². The first-order valence-corrected chi connectivity index (χ1v) is 58.4.